The summed E-state index contributed by atoms with van der Waals surface area (Å²) >= 11 is 1.48. The van der Waals surface area contributed by atoms with Crippen molar-refractivity contribution >= 4 is 35.8 Å². The van der Waals surface area contributed by atoms with Crippen LogP contribution < -0.4 is 22.8 Å². The van der Waals surface area contributed by atoms with Gasteiger partial charge in [-0.15, -0.1) is 0 Å². The Labute approximate surface area is 193 Å². The van der Waals surface area contributed by atoms with Gasteiger partial charge >= 0.3 is 0 Å². The topological polar surface area (TPSA) is 177 Å². The molecular formula is C21H36N6O4S. The maximum absolute atomic E-state index is 12.2. The molecule has 10 nitrogen and oxygen atoms in total. The lowest BCUT2D eigenvalue weighted by Crippen LogP contribution is -2.37. The van der Waals surface area contributed by atoms with Crippen LogP contribution in [0.3, 0.4) is 0 Å². The number of amides is 3. The van der Waals surface area contributed by atoms with Crippen molar-refractivity contribution < 1.29 is 19.5 Å². The molecular weight excluding hydrogens is 432 g/mol. The summed E-state index contributed by atoms with van der Waals surface area (Å²) in [6.07, 6.45) is 8.29. The Balaban J connectivity index is 0.000000677. The largest absolute Gasteiger partial charge is 0.507 e. The number of phenols is 1. The number of hydrazine groups is 1. The third kappa shape index (κ3) is 11.6. The van der Waals surface area contributed by atoms with Gasteiger partial charge in [-0.3, -0.25) is 19.3 Å². The van der Waals surface area contributed by atoms with E-state index in [-0.39, 0.29) is 35.7 Å². The Morgan fingerprint density at radius 2 is 1.94 bits per heavy atom. The van der Waals surface area contributed by atoms with E-state index in [0.29, 0.717) is 18.4 Å². The van der Waals surface area contributed by atoms with Crippen molar-refractivity contribution in [3.8, 4) is 5.75 Å². The van der Waals surface area contributed by atoms with Crippen molar-refractivity contribution in [2.24, 2.45) is 22.5 Å². The number of nitrogens with zero attached hydrogens (tertiary/aromatic N) is 2. The molecule has 1 unspecified atom stereocenters. The Kier molecular flexibility index (Phi) is 16.3. The zero-order chi connectivity index (χ0) is 24.4. The van der Waals surface area contributed by atoms with Crippen LogP contribution in [-0.2, 0) is 14.4 Å². The fraction of sp³-hybridized carbons (Fsp3) is 0.524. The fourth-order valence-electron chi connectivity index (χ4n) is 2.78. The standard InChI is InChI=1S/C14H26N2O3S.C7H10N4O/c1-3-4-5-6-8-12(20-2)14(19)16(11-17)10-7-9-13(15)18;8-10-7(11-9)5-3-1-2-4-6(5)12/h11-12H,3-10H2,1-2H3,(H2,15,18);1-4,12H,8-9H2,(H,10,11). The average Bonchev–Trinajstić information content (AvgIpc) is 2.79. The van der Waals surface area contributed by atoms with Gasteiger partial charge in [0.05, 0.1) is 10.8 Å². The van der Waals surface area contributed by atoms with Gasteiger partial charge in [0.25, 0.3) is 0 Å². The van der Waals surface area contributed by atoms with E-state index in [0.717, 1.165) is 25.7 Å². The lowest BCUT2D eigenvalue weighted by Gasteiger charge is -2.21. The van der Waals surface area contributed by atoms with E-state index in [9.17, 15) is 19.5 Å². The lowest BCUT2D eigenvalue weighted by molar-refractivity contribution is -0.138. The molecule has 0 heterocycles. The smallest absolute Gasteiger partial charge is 0.242 e. The lowest BCUT2D eigenvalue weighted by atomic mass is 10.1. The summed E-state index contributed by atoms with van der Waals surface area (Å²) in [7, 11) is 0. The number of carbonyl (C=O) groups is 3. The minimum atomic E-state index is -0.413. The molecule has 0 saturated heterocycles. The fourth-order valence-corrected chi connectivity index (χ4v) is 3.52. The van der Waals surface area contributed by atoms with Crippen LogP contribution >= 0.6 is 11.8 Å². The third-order valence-corrected chi connectivity index (χ3v) is 5.54. The number of unbranched alkanes of at least 4 members (excludes halogenated alkanes) is 3. The van der Waals surface area contributed by atoms with E-state index in [1.165, 1.54) is 29.1 Å². The first kappa shape index (κ1) is 29.2. The first-order chi connectivity index (χ1) is 15.4. The van der Waals surface area contributed by atoms with Gasteiger partial charge < -0.3 is 22.1 Å². The highest BCUT2D eigenvalue weighted by Gasteiger charge is 2.22. The minimum Gasteiger partial charge on any atom is -0.507 e. The number of para-hydroxylation sites is 1. The summed E-state index contributed by atoms with van der Waals surface area (Å²) in [6.45, 7) is 2.40. The Hall–Kier alpha value is -2.79. The van der Waals surface area contributed by atoms with Gasteiger partial charge in [0.15, 0.2) is 5.84 Å². The molecule has 0 fully saturated rings. The van der Waals surface area contributed by atoms with Crippen molar-refractivity contribution in [1.29, 1.82) is 0 Å². The molecule has 1 rings (SSSR count). The van der Waals surface area contributed by atoms with E-state index in [4.69, 9.17) is 17.4 Å². The number of nitrogens with one attached hydrogen (secondary N) is 1. The first-order valence-corrected chi connectivity index (χ1v) is 11.7. The van der Waals surface area contributed by atoms with Crippen LogP contribution in [0.5, 0.6) is 5.75 Å². The molecule has 11 heteroatoms. The van der Waals surface area contributed by atoms with E-state index < -0.39 is 5.91 Å². The van der Waals surface area contributed by atoms with Crippen LogP contribution in [-0.4, -0.2) is 52.1 Å². The van der Waals surface area contributed by atoms with Crippen LogP contribution in [0.4, 0.5) is 0 Å². The number of hydrogen-bond acceptors (Lipinski definition) is 8. The van der Waals surface area contributed by atoms with Gasteiger partial charge in [0, 0.05) is 13.0 Å². The van der Waals surface area contributed by atoms with Crippen molar-refractivity contribution in [2.75, 3.05) is 12.8 Å². The van der Waals surface area contributed by atoms with Crippen LogP contribution in [0.15, 0.2) is 29.4 Å². The predicted molar refractivity (Wildman–Crippen MR) is 128 cm³/mol. The number of hydrazone groups is 1. The molecule has 0 aliphatic heterocycles. The van der Waals surface area contributed by atoms with Crippen molar-refractivity contribution in [3.63, 3.8) is 0 Å². The summed E-state index contributed by atoms with van der Waals surface area (Å²) < 4.78 is 0. The van der Waals surface area contributed by atoms with E-state index >= 15 is 0 Å². The van der Waals surface area contributed by atoms with Crippen molar-refractivity contribution in [2.45, 2.75) is 57.1 Å². The summed E-state index contributed by atoms with van der Waals surface area (Å²) in [4.78, 5) is 35.0. The third-order valence-electron chi connectivity index (χ3n) is 4.54. The number of thioether (sulfide) groups is 1. The summed E-state index contributed by atoms with van der Waals surface area (Å²) in [5, 5.41) is 12.5. The molecule has 32 heavy (non-hydrogen) atoms. The number of primary amides is 1. The number of carbonyl (C=O) groups excluding carboxylic acids is 3. The van der Waals surface area contributed by atoms with Gasteiger partial charge in [-0.2, -0.15) is 16.9 Å². The number of imide groups is 1. The summed E-state index contributed by atoms with van der Waals surface area (Å²) in [6, 6.07) is 6.62. The molecule has 8 N–H and O–H groups in total. The molecule has 0 radical (unpaired) electrons. The number of hydrogen-bond donors (Lipinski definition) is 5. The highest BCUT2D eigenvalue weighted by atomic mass is 32.2. The van der Waals surface area contributed by atoms with Gasteiger partial charge in [-0.05, 0) is 31.2 Å². The normalized spacial score (nSPS) is 11.7. The van der Waals surface area contributed by atoms with Crippen LogP contribution in [0.2, 0.25) is 0 Å². The van der Waals surface area contributed by atoms with Crippen LogP contribution in [0, 0.1) is 0 Å². The monoisotopic (exact) mass is 468 g/mol. The number of phenolic OH excluding ortho intramolecular Hbond substituents is 1. The SMILES string of the molecule is CCCCCCC(SC)C(=O)N(C=O)CCCC(N)=O.N/N=C(\NN)c1ccccc1O. The number of aromatic hydroxyl groups is 1. The number of nitrogens with two attached hydrogens (primary N) is 3. The molecule has 3 amide bonds. The van der Waals surface area contributed by atoms with E-state index in [1.807, 2.05) is 6.26 Å². The van der Waals surface area contributed by atoms with E-state index in [1.54, 1.807) is 18.2 Å². The number of rotatable bonds is 13. The second-order valence-electron chi connectivity index (χ2n) is 6.92. The average molecular weight is 469 g/mol. The highest BCUT2D eigenvalue weighted by molar-refractivity contribution is 7.99. The molecule has 0 aromatic heterocycles. The quantitative estimate of drug-likeness (QED) is 0.0720. The van der Waals surface area contributed by atoms with E-state index in [2.05, 4.69) is 17.5 Å². The molecule has 0 bridgehead atoms. The maximum atomic E-state index is 12.2. The zero-order valence-corrected chi connectivity index (χ0v) is 19.6. The minimum absolute atomic E-state index is 0.0830. The zero-order valence-electron chi connectivity index (χ0n) is 18.8. The second-order valence-corrected chi connectivity index (χ2v) is 7.96. The molecule has 0 spiro atoms. The van der Waals surface area contributed by atoms with Crippen LogP contribution in [0.1, 0.15) is 57.4 Å². The Bertz CT molecular complexity index is 732. The highest BCUT2D eigenvalue weighted by Crippen LogP contribution is 2.18. The maximum Gasteiger partial charge on any atom is 0.242 e. The van der Waals surface area contributed by atoms with Gasteiger partial charge in [-0.1, -0.05) is 44.7 Å². The molecule has 180 valence electrons. The summed E-state index contributed by atoms with van der Waals surface area (Å²) in [5.41, 5.74) is 7.79. The molecule has 0 saturated carbocycles. The number of amidine groups is 1. The molecule has 1 aromatic carbocycles. The Morgan fingerprint density at radius 1 is 1.25 bits per heavy atom. The molecule has 1 atom stereocenters. The van der Waals surface area contributed by atoms with Crippen molar-refractivity contribution in [1.82, 2.24) is 10.3 Å². The van der Waals surface area contributed by atoms with Gasteiger partial charge in [0.1, 0.15) is 5.75 Å². The van der Waals surface area contributed by atoms with Gasteiger partial charge in [-0.25, -0.2) is 5.84 Å². The first-order valence-electron chi connectivity index (χ1n) is 10.5. The van der Waals surface area contributed by atoms with Gasteiger partial charge in [0.2, 0.25) is 18.2 Å². The summed E-state index contributed by atoms with van der Waals surface area (Å²) in [5.74, 6) is 9.89. The molecule has 0 aliphatic carbocycles. The molecule has 1 aromatic rings. The predicted octanol–water partition coefficient (Wildman–Crippen LogP) is 1.41. The number of benzene rings is 1. The van der Waals surface area contributed by atoms with Crippen LogP contribution in [0.25, 0.3) is 0 Å². The second kappa shape index (κ2) is 17.8. The Morgan fingerprint density at radius 3 is 2.44 bits per heavy atom. The van der Waals surface area contributed by atoms with Crippen molar-refractivity contribution in [3.05, 3.63) is 29.8 Å². The molecule has 0 aliphatic rings.